The summed E-state index contributed by atoms with van der Waals surface area (Å²) in [6.45, 7) is 8.10. The molecule has 2 fully saturated rings. The van der Waals surface area contributed by atoms with Crippen LogP contribution in [0.25, 0.3) is 0 Å². The van der Waals surface area contributed by atoms with Crippen molar-refractivity contribution in [1.29, 1.82) is 0 Å². The highest BCUT2D eigenvalue weighted by molar-refractivity contribution is 5.80. The summed E-state index contributed by atoms with van der Waals surface area (Å²) in [4.78, 5) is 18.4. The zero-order chi connectivity index (χ0) is 18.8. The summed E-state index contributed by atoms with van der Waals surface area (Å²) in [6.07, 6.45) is 6.11. The summed E-state index contributed by atoms with van der Waals surface area (Å²) in [7, 11) is 0. The van der Waals surface area contributed by atoms with Gasteiger partial charge in [0.1, 0.15) is 0 Å². The number of nitrogens with one attached hydrogen (secondary N) is 1. The zero-order valence-corrected chi connectivity index (χ0v) is 16.1. The highest BCUT2D eigenvalue weighted by Crippen LogP contribution is 2.42. The van der Waals surface area contributed by atoms with Crippen LogP contribution >= 0.6 is 0 Å². The van der Waals surface area contributed by atoms with E-state index in [1.54, 1.807) is 12.4 Å². The predicted molar refractivity (Wildman–Crippen MR) is 101 cm³/mol. The van der Waals surface area contributed by atoms with Crippen molar-refractivity contribution < 1.29 is 14.6 Å². The fourth-order valence-electron chi connectivity index (χ4n) is 3.93. The highest BCUT2D eigenvalue weighted by Gasteiger charge is 2.46. The maximum absolute atomic E-state index is 12.5. The third kappa shape index (κ3) is 4.54. The average Bonchev–Trinajstić information content (AvgIpc) is 2.60. The summed E-state index contributed by atoms with van der Waals surface area (Å²) in [6, 6.07) is 3.74. The van der Waals surface area contributed by atoms with Gasteiger partial charge in [-0.3, -0.25) is 9.78 Å². The van der Waals surface area contributed by atoms with E-state index in [4.69, 9.17) is 4.74 Å². The molecule has 2 aliphatic rings. The normalized spacial score (nSPS) is 25.9. The molecule has 26 heavy (non-hydrogen) atoms. The van der Waals surface area contributed by atoms with Crippen molar-refractivity contribution in [2.24, 2.45) is 5.41 Å². The molecule has 1 spiro atoms. The second-order valence-corrected chi connectivity index (χ2v) is 8.73. The molecule has 0 radical (unpaired) electrons. The van der Waals surface area contributed by atoms with Crippen molar-refractivity contribution in [2.45, 2.75) is 64.3 Å². The van der Waals surface area contributed by atoms with Crippen LogP contribution in [0.1, 0.15) is 46.5 Å². The molecule has 2 N–H and O–H groups in total. The van der Waals surface area contributed by atoms with Crippen molar-refractivity contribution in [3.05, 3.63) is 24.5 Å². The number of ether oxygens (including phenoxy) is 1. The van der Waals surface area contributed by atoms with Crippen LogP contribution < -0.4 is 5.32 Å². The van der Waals surface area contributed by atoms with Gasteiger partial charge in [0.15, 0.2) is 0 Å². The molecule has 2 atom stereocenters. The van der Waals surface area contributed by atoms with Gasteiger partial charge in [-0.25, -0.2) is 0 Å². The SMILES string of the molecule is CC(C)(C)[C@H]1C[C@@H](O)CC2(CCN(C(=O)CNc3cccnc3)CC2)O1. The van der Waals surface area contributed by atoms with E-state index in [0.29, 0.717) is 25.9 Å². The van der Waals surface area contributed by atoms with Gasteiger partial charge >= 0.3 is 0 Å². The van der Waals surface area contributed by atoms with E-state index >= 15 is 0 Å². The van der Waals surface area contributed by atoms with Gasteiger partial charge in [0.2, 0.25) is 5.91 Å². The van der Waals surface area contributed by atoms with Crippen molar-refractivity contribution in [3.8, 4) is 0 Å². The van der Waals surface area contributed by atoms with Gasteiger partial charge in [-0.15, -0.1) is 0 Å². The number of pyridine rings is 1. The van der Waals surface area contributed by atoms with Gasteiger partial charge in [0.25, 0.3) is 0 Å². The Kier molecular flexibility index (Phi) is 5.53. The van der Waals surface area contributed by atoms with Gasteiger partial charge in [-0.2, -0.15) is 0 Å². The minimum absolute atomic E-state index is 0.00892. The number of piperidine rings is 1. The number of likely N-dealkylation sites (tertiary alicyclic amines) is 1. The van der Waals surface area contributed by atoms with E-state index in [2.05, 4.69) is 31.1 Å². The van der Waals surface area contributed by atoms with E-state index in [1.165, 1.54) is 0 Å². The van der Waals surface area contributed by atoms with Gasteiger partial charge in [-0.1, -0.05) is 20.8 Å². The molecule has 0 unspecified atom stereocenters. The number of nitrogens with zero attached hydrogens (tertiary/aromatic N) is 2. The van der Waals surface area contributed by atoms with Crippen LogP contribution in [0, 0.1) is 5.41 Å². The largest absolute Gasteiger partial charge is 0.393 e. The molecule has 1 amide bonds. The second-order valence-electron chi connectivity index (χ2n) is 8.73. The maximum Gasteiger partial charge on any atom is 0.241 e. The number of amides is 1. The van der Waals surface area contributed by atoms with E-state index in [0.717, 1.165) is 18.5 Å². The van der Waals surface area contributed by atoms with Crippen molar-refractivity contribution in [2.75, 3.05) is 25.0 Å². The molecule has 2 saturated heterocycles. The molecule has 0 aromatic carbocycles. The fraction of sp³-hybridized carbons (Fsp3) is 0.700. The Labute approximate surface area is 155 Å². The zero-order valence-electron chi connectivity index (χ0n) is 16.1. The average molecular weight is 361 g/mol. The van der Waals surface area contributed by atoms with Crippen LogP contribution in [0.4, 0.5) is 5.69 Å². The molecule has 0 bridgehead atoms. The Morgan fingerprint density at radius 1 is 1.42 bits per heavy atom. The van der Waals surface area contributed by atoms with E-state index in [1.807, 2.05) is 17.0 Å². The molecule has 6 nitrogen and oxygen atoms in total. The minimum Gasteiger partial charge on any atom is -0.393 e. The van der Waals surface area contributed by atoms with Crippen molar-refractivity contribution in [3.63, 3.8) is 0 Å². The third-order valence-corrected chi connectivity index (χ3v) is 5.58. The molecule has 1 aromatic rings. The van der Waals surface area contributed by atoms with Crippen LogP contribution in [0.3, 0.4) is 0 Å². The van der Waals surface area contributed by atoms with E-state index < -0.39 is 0 Å². The molecule has 0 saturated carbocycles. The number of carbonyl (C=O) groups is 1. The van der Waals surface area contributed by atoms with Gasteiger partial charge in [-0.05, 0) is 30.4 Å². The van der Waals surface area contributed by atoms with Crippen LogP contribution in [-0.4, -0.2) is 58.3 Å². The number of rotatable bonds is 3. The van der Waals surface area contributed by atoms with Crippen molar-refractivity contribution >= 4 is 11.6 Å². The molecule has 2 aliphatic heterocycles. The van der Waals surface area contributed by atoms with Crippen LogP contribution in [0.15, 0.2) is 24.5 Å². The van der Waals surface area contributed by atoms with Gasteiger partial charge in [0, 0.05) is 38.3 Å². The summed E-state index contributed by atoms with van der Waals surface area (Å²) < 4.78 is 6.49. The smallest absolute Gasteiger partial charge is 0.241 e. The molecular formula is C20H31N3O3. The van der Waals surface area contributed by atoms with Crippen LogP contribution in [0.2, 0.25) is 0 Å². The highest BCUT2D eigenvalue weighted by atomic mass is 16.5. The van der Waals surface area contributed by atoms with Gasteiger partial charge in [0.05, 0.1) is 30.0 Å². The summed E-state index contributed by atoms with van der Waals surface area (Å²) in [5, 5.41) is 13.5. The first-order valence-electron chi connectivity index (χ1n) is 9.55. The molecular weight excluding hydrogens is 330 g/mol. The van der Waals surface area contributed by atoms with Crippen LogP contribution in [0.5, 0.6) is 0 Å². The van der Waals surface area contributed by atoms with E-state index in [-0.39, 0.29) is 35.7 Å². The molecule has 0 aliphatic carbocycles. The maximum atomic E-state index is 12.5. The first-order valence-corrected chi connectivity index (χ1v) is 9.55. The lowest BCUT2D eigenvalue weighted by Gasteiger charge is -2.50. The summed E-state index contributed by atoms with van der Waals surface area (Å²) >= 11 is 0. The van der Waals surface area contributed by atoms with Gasteiger partial charge < -0.3 is 20.1 Å². The Balaban J connectivity index is 1.53. The molecule has 144 valence electrons. The predicted octanol–water partition coefficient (Wildman–Crippen LogP) is 2.44. The second kappa shape index (κ2) is 7.53. The number of carbonyl (C=O) groups excluding carboxylic acids is 1. The molecule has 6 heteroatoms. The Hall–Kier alpha value is -1.66. The van der Waals surface area contributed by atoms with E-state index in [9.17, 15) is 9.90 Å². The number of aliphatic hydroxyl groups excluding tert-OH is 1. The Morgan fingerprint density at radius 3 is 2.77 bits per heavy atom. The molecule has 3 heterocycles. The van der Waals surface area contributed by atoms with Crippen LogP contribution in [-0.2, 0) is 9.53 Å². The molecule has 3 rings (SSSR count). The fourth-order valence-corrected chi connectivity index (χ4v) is 3.93. The standard InChI is InChI=1S/C20H31N3O3/c1-19(2,3)17-11-16(24)12-20(26-17)6-9-23(10-7-20)18(25)14-22-15-5-4-8-21-13-15/h4-5,8,13,16-17,22,24H,6-7,9-12,14H2,1-3H3/t16-,17-/m1/s1. The summed E-state index contributed by atoms with van der Waals surface area (Å²) in [5.41, 5.74) is 0.569. The Bertz CT molecular complexity index is 606. The number of hydrogen-bond donors (Lipinski definition) is 2. The number of anilines is 1. The number of aromatic nitrogens is 1. The lowest BCUT2D eigenvalue weighted by molar-refractivity contribution is -0.207. The molecule has 1 aromatic heterocycles. The topological polar surface area (TPSA) is 74.7 Å². The Morgan fingerprint density at radius 2 is 2.15 bits per heavy atom. The lowest BCUT2D eigenvalue weighted by atomic mass is 9.76. The lowest BCUT2D eigenvalue weighted by Crippen LogP contribution is -2.56. The first kappa shape index (κ1) is 19.1. The quantitative estimate of drug-likeness (QED) is 0.865. The minimum atomic E-state index is -0.317. The monoisotopic (exact) mass is 361 g/mol. The van der Waals surface area contributed by atoms with Crippen molar-refractivity contribution in [1.82, 2.24) is 9.88 Å². The summed E-state index contributed by atoms with van der Waals surface area (Å²) in [5.74, 6) is 0.0902. The number of hydrogen-bond acceptors (Lipinski definition) is 5. The first-order chi connectivity index (χ1) is 12.3. The number of aliphatic hydroxyl groups is 1. The third-order valence-electron chi connectivity index (χ3n) is 5.58.